The molecule has 1 N–H and O–H groups in total. The number of hydrogen-bond donors (Lipinski definition) is 1. The van der Waals surface area contributed by atoms with Gasteiger partial charge in [0.05, 0.1) is 12.7 Å². The minimum atomic E-state index is -0.127. The second kappa shape index (κ2) is 7.49. The number of anilines is 1. The Labute approximate surface area is 141 Å². The van der Waals surface area contributed by atoms with Crippen molar-refractivity contribution < 1.29 is 14.1 Å². The van der Waals surface area contributed by atoms with Crippen LogP contribution < -0.4 is 5.32 Å². The van der Waals surface area contributed by atoms with E-state index in [1.807, 2.05) is 25.1 Å². The van der Waals surface area contributed by atoms with E-state index in [0.29, 0.717) is 37.6 Å². The highest BCUT2D eigenvalue weighted by molar-refractivity contribution is 5.90. The van der Waals surface area contributed by atoms with Crippen LogP contribution in [0.5, 0.6) is 0 Å². The summed E-state index contributed by atoms with van der Waals surface area (Å²) >= 11 is 0. The Morgan fingerprint density at radius 1 is 1.38 bits per heavy atom. The summed E-state index contributed by atoms with van der Waals surface area (Å²) in [5.41, 5.74) is 2.68. The number of amides is 2. The molecule has 0 saturated carbocycles. The topological polar surface area (TPSA) is 67.6 Å². The van der Waals surface area contributed by atoms with E-state index in [4.69, 9.17) is 9.26 Å². The number of carbonyl (C=O) groups excluding carboxylic acids is 1. The summed E-state index contributed by atoms with van der Waals surface area (Å²) in [4.78, 5) is 14.4. The van der Waals surface area contributed by atoms with Gasteiger partial charge in [-0.15, -0.1) is 0 Å². The van der Waals surface area contributed by atoms with Gasteiger partial charge in [-0.05, 0) is 18.9 Å². The first kappa shape index (κ1) is 16.5. The van der Waals surface area contributed by atoms with Crippen LogP contribution in [0, 0.1) is 6.92 Å². The number of benzene rings is 1. The molecule has 1 saturated heterocycles. The van der Waals surface area contributed by atoms with E-state index >= 15 is 0 Å². The van der Waals surface area contributed by atoms with Crippen molar-refractivity contribution in [3.8, 4) is 0 Å². The predicted octanol–water partition coefficient (Wildman–Crippen LogP) is 3.02. The lowest BCUT2D eigenvalue weighted by atomic mass is 10.1. The molecule has 0 spiro atoms. The van der Waals surface area contributed by atoms with Crippen LogP contribution in [-0.4, -0.2) is 41.9 Å². The van der Waals surface area contributed by atoms with Gasteiger partial charge in [-0.1, -0.05) is 42.4 Å². The van der Waals surface area contributed by atoms with E-state index in [0.717, 1.165) is 12.1 Å². The molecule has 1 aliphatic rings. The summed E-state index contributed by atoms with van der Waals surface area (Å²) in [5.74, 6) is 0.634. The van der Waals surface area contributed by atoms with Crippen molar-refractivity contribution in [3.05, 3.63) is 47.3 Å². The second-order valence-corrected chi connectivity index (χ2v) is 5.97. The van der Waals surface area contributed by atoms with Crippen molar-refractivity contribution in [1.29, 1.82) is 0 Å². The second-order valence-electron chi connectivity index (χ2n) is 5.97. The van der Waals surface area contributed by atoms with E-state index in [-0.39, 0.29) is 12.1 Å². The zero-order valence-electron chi connectivity index (χ0n) is 14.1. The third kappa shape index (κ3) is 3.76. The molecule has 1 fully saturated rings. The molecule has 1 aromatic heterocycles. The van der Waals surface area contributed by atoms with Gasteiger partial charge in [-0.25, -0.2) is 4.79 Å². The van der Waals surface area contributed by atoms with Crippen molar-refractivity contribution in [3.63, 3.8) is 0 Å². The molecule has 0 bridgehead atoms. The summed E-state index contributed by atoms with van der Waals surface area (Å²) in [6.45, 7) is 5.50. The number of hydrogen-bond acceptors (Lipinski definition) is 4. The largest absolute Gasteiger partial charge is 0.374 e. The van der Waals surface area contributed by atoms with E-state index in [1.165, 1.54) is 5.56 Å². The smallest absolute Gasteiger partial charge is 0.322 e. The van der Waals surface area contributed by atoms with Crippen molar-refractivity contribution in [2.45, 2.75) is 32.8 Å². The Kier molecular flexibility index (Phi) is 5.15. The summed E-state index contributed by atoms with van der Waals surface area (Å²) < 4.78 is 11.0. The van der Waals surface area contributed by atoms with Crippen LogP contribution in [0.1, 0.15) is 23.9 Å². The zero-order chi connectivity index (χ0) is 16.9. The summed E-state index contributed by atoms with van der Waals surface area (Å²) in [7, 11) is 0. The van der Waals surface area contributed by atoms with Crippen LogP contribution in [-0.2, 0) is 17.6 Å². The number of rotatable bonds is 4. The van der Waals surface area contributed by atoms with Gasteiger partial charge in [0.2, 0.25) is 0 Å². The molecule has 128 valence electrons. The fourth-order valence-corrected chi connectivity index (χ4v) is 2.91. The molecule has 2 aromatic rings. The monoisotopic (exact) mass is 329 g/mol. The summed E-state index contributed by atoms with van der Waals surface area (Å²) in [5, 5.41) is 6.91. The van der Waals surface area contributed by atoms with Crippen molar-refractivity contribution in [2.75, 3.05) is 25.0 Å². The van der Waals surface area contributed by atoms with E-state index in [2.05, 4.69) is 22.6 Å². The Morgan fingerprint density at radius 2 is 2.17 bits per heavy atom. The molecule has 1 atom stereocenters. The number of ether oxygens (including phenoxy) is 1. The third-order valence-electron chi connectivity index (χ3n) is 4.23. The number of morpholine rings is 1. The van der Waals surface area contributed by atoms with Crippen LogP contribution in [0.3, 0.4) is 0 Å². The first-order valence-corrected chi connectivity index (χ1v) is 8.34. The standard InChI is InChI=1S/C18H23N3O3/c1-3-16-17(13(2)24-20-16)19-18(22)21-9-10-23-15(12-21)11-14-7-5-4-6-8-14/h4-8,15H,3,9-12H2,1-2H3,(H,19,22)/t15-/m0/s1. The quantitative estimate of drug-likeness (QED) is 0.936. The van der Waals surface area contributed by atoms with Gasteiger partial charge in [0.25, 0.3) is 0 Å². The van der Waals surface area contributed by atoms with Gasteiger partial charge in [0.1, 0.15) is 11.4 Å². The van der Waals surface area contributed by atoms with Crippen LogP contribution in [0.25, 0.3) is 0 Å². The van der Waals surface area contributed by atoms with Gasteiger partial charge in [-0.2, -0.15) is 0 Å². The van der Waals surface area contributed by atoms with Crippen LogP contribution >= 0.6 is 0 Å². The fourth-order valence-electron chi connectivity index (χ4n) is 2.91. The molecule has 3 rings (SSSR count). The lowest BCUT2D eigenvalue weighted by Crippen LogP contribution is -2.48. The van der Waals surface area contributed by atoms with Crippen LogP contribution in [0.2, 0.25) is 0 Å². The lowest BCUT2D eigenvalue weighted by Gasteiger charge is -2.33. The minimum absolute atomic E-state index is 0.0149. The molecule has 1 aromatic carbocycles. The molecule has 24 heavy (non-hydrogen) atoms. The molecule has 0 unspecified atom stereocenters. The zero-order valence-corrected chi connectivity index (χ0v) is 14.1. The maximum Gasteiger partial charge on any atom is 0.322 e. The van der Waals surface area contributed by atoms with Gasteiger partial charge in [0, 0.05) is 19.5 Å². The Hall–Kier alpha value is -2.34. The van der Waals surface area contributed by atoms with Crippen molar-refractivity contribution >= 4 is 11.7 Å². The summed E-state index contributed by atoms with van der Waals surface area (Å²) in [6.07, 6.45) is 1.53. The number of nitrogens with zero attached hydrogens (tertiary/aromatic N) is 2. The average molecular weight is 329 g/mol. The average Bonchev–Trinajstić information content (AvgIpc) is 2.96. The highest BCUT2D eigenvalue weighted by atomic mass is 16.5. The molecule has 0 radical (unpaired) electrons. The first-order chi connectivity index (χ1) is 11.7. The van der Waals surface area contributed by atoms with Gasteiger partial charge < -0.3 is 19.5 Å². The summed E-state index contributed by atoms with van der Waals surface area (Å²) in [6, 6.07) is 10.1. The van der Waals surface area contributed by atoms with E-state index in [1.54, 1.807) is 11.8 Å². The molecule has 2 heterocycles. The van der Waals surface area contributed by atoms with Crippen molar-refractivity contribution in [1.82, 2.24) is 10.1 Å². The Morgan fingerprint density at radius 3 is 2.92 bits per heavy atom. The predicted molar refractivity (Wildman–Crippen MR) is 91.1 cm³/mol. The lowest BCUT2D eigenvalue weighted by molar-refractivity contribution is -0.0113. The number of nitrogens with one attached hydrogen (secondary N) is 1. The SMILES string of the molecule is CCc1noc(C)c1NC(=O)N1CCO[C@@H](Cc2ccccc2)C1. The molecule has 1 aliphatic heterocycles. The van der Waals surface area contributed by atoms with Crippen molar-refractivity contribution in [2.24, 2.45) is 0 Å². The first-order valence-electron chi connectivity index (χ1n) is 8.34. The maximum absolute atomic E-state index is 12.6. The van der Waals surface area contributed by atoms with Gasteiger partial charge in [-0.3, -0.25) is 0 Å². The molecular formula is C18H23N3O3. The maximum atomic E-state index is 12.6. The van der Waals surface area contributed by atoms with Gasteiger partial charge >= 0.3 is 6.03 Å². The van der Waals surface area contributed by atoms with Crippen LogP contribution in [0.4, 0.5) is 10.5 Å². The number of aromatic nitrogens is 1. The molecular weight excluding hydrogens is 306 g/mol. The highest BCUT2D eigenvalue weighted by Crippen LogP contribution is 2.21. The van der Waals surface area contributed by atoms with Crippen LogP contribution in [0.15, 0.2) is 34.9 Å². The Balaban J connectivity index is 1.61. The third-order valence-corrected chi connectivity index (χ3v) is 4.23. The molecule has 6 heteroatoms. The van der Waals surface area contributed by atoms with E-state index < -0.39 is 0 Å². The normalized spacial score (nSPS) is 17.8. The minimum Gasteiger partial charge on any atom is -0.374 e. The number of carbonyl (C=O) groups is 1. The van der Waals surface area contributed by atoms with E-state index in [9.17, 15) is 4.79 Å². The Bertz CT molecular complexity index is 684. The molecule has 0 aliphatic carbocycles. The molecule has 6 nitrogen and oxygen atoms in total. The number of aryl methyl sites for hydroxylation is 2. The number of urea groups is 1. The fraction of sp³-hybridized carbons (Fsp3) is 0.444. The molecule has 2 amide bonds. The highest BCUT2D eigenvalue weighted by Gasteiger charge is 2.26. The van der Waals surface area contributed by atoms with Gasteiger partial charge in [0.15, 0.2) is 5.76 Å².